The van der Waals surface area contributed by atoms with E-state index in [9.17, 15) is 0 Å². The van der Waals surface area contributed by atoms with Gasteiger partial charge in [0.05, 0.1) is 0 Å². The molecule has 116 valence electrons. The highest BCUT2D eigenvalue weighted by Crippen LogP contribution is 2.17. The molecule has 4 nitrogen and oxygen atoms in total. The van der Waals surface area contributed by atoms with Crippen molar-refractivity contribution in [3.63, 3.8) is 0 Å². The molecule has 2 rings (SSSR count). The maximum atomic E-state index is 6.04. The summed E-state index contributed by atoms with van der Waals surface area (Å²) in [5.41, 5.74) is 6.04. The predicted molar refractivity (Wildman–Crippen MR) is 86.0 cm³/mol. The molecular weight excluding hydrogens is 248 g/mol. The van der Waals surface area contributed by atoms with E-state index in [1.807, 2.05) is 0 Å². The topological polar surface area (TPSA) is 53.6 Å². The van der Waals surface area contributed by atoms with E-state index >= 15 is 0 Å². The Kier molecular flexibility index (Phi) is 6.64. The summed E-state index contributed by atoms with van der Waals surface area (Å²) in [6.07, 6.45) is 10.6. The van der Waals surface area contributed by atoms with Crippen molar-refractivity contribution in [2.24, 2.45) is 16.6 Å². The first-order chi connectivity index (χ1) is 9.74. The molecule has 1 unspecified atom stereocenters. The van der Waals surface area contributed by atoms with Gasteiger partial charge in [0.1, 0.15) is 0 Å². The minimum Gasteiger partial charge on any atom is -0.370 e. The number of aliphatic imine (C=N–C) groups is 1. The highest BCUT2D eigenvalue weighted by molar-refractivity contribution is 5.78. The molecule has 0 aromatic heterocycles. The van der Waals surface area contributed by atoms with Crippen molar-refractivity contribution >= 4 is 5.96 Å². The van der Waals surface area contributed by atoms with Crippen LogP contribution in [0.5, 0.6) is 0 Å². The van der Waals surface area contributed by atoms with Crippen molar-refractivity contribution in [1.82, 2.24) is 10.2 Å². The Hall–Kier alpha value is -0.770. The summed E-state index contributed by atoms with van der Waals surface area (Å²) in [6, 6.07) is 0.551. The quantitative estimate of drug-likeness (QED) is 0.462. The molecule has 1 aliphatic carbocycles. The van der Waals surface area contributed by atoms with Crippen LogP contribution in [0.2, 0.25) is 0 Å². The number of likely N-dealkylation sites (tertiary alicyclic amines) is 1. The van der Waals surface area contributed by atoms with Crippen LogP contribution in [-0.4, -0.2) is 43.1 Å². The summed E-state index contributed by atoms with van der Waals surface area (Å²) in [6.45, 7) is 6.83. The average molecular weight is 280 g/mol. The summed E-state index contributed by atoms with van der Waals surface area (Å²) in [5, 5.41) is 3.42. The molecular formula is C16H32N4. The lowest BCUT2D eigenvalue weighted by atomic mass is 10.1. The van der Waals surface area contributed by atoms with Crippen molar-refractivity contribution in [3.8, 4) is 0 Å². The SMILES string of the molecule is CC(CN=C(N)NC1CCCCCC1)CN1CCCC1. The predicted octanol–water partition coefficient (Wildman–Crippen LogP) is 2.35. The number of nitrogens with one attached hydrogen (secondary N) is 1. The number of rotatable bonds is 5. The van der Waals surface area contributed by atoms with E-state index < -0.39 is 0 Å². The van der Waals surface area contributed by atoms with Crippen molar-refractivity contribution < 1.29 is 0 Å². The molecule has 1 atom stereocenters. The Balaban J connectivity index is 1.66. The van der Waals surface area contributed by atoms with Gasteiger partial charge in [0.15, 0.2) is 5.96 Å². The first-order valence-electron chi connectivity index (χ1n) is 8.53. The zero-order valence-electron chi connectivity index (χ0n) is 13.1. The van der Waals surface area contributed by atoms with Crippen LogP contribution in [0.15, 0.2) is 4.99 Å². The lowest BCUT2D eigenvalue weighted by molar-refractivity contribution is 0.291. The van der Waals surface area contributed by atoms with Gasteiger partial charge in [-0.15, -0.1) is 0 Å². The zero-order valence-corrected chi connectivity index (χ0v) is 13.1. The standard InChI is InChI=1S/C16H32N4/c1-14(13-20-10-6-7-11-20)12-18-16(17)19-15-8-4-2-3-5-9-15/h14-15H,2-13H2,1H3,(H3,17,18,19). The second kappa shape index (κ2) is 8.50. The summed E-state index contributed by atoms with van der Waals surface area (Å²) in [5.74, 6) is 1.26. The maximum absolute atomic E-state index is 6.04. The van der Waals surface area contributed by atoms with Gasteiger partial charge < -0.3 is 16.0 Å². The van der Waals surface area contributed by atoms with Gasteiger partial charge in [-0.25, -0.2) is 0 Å². The Bertz CT molecular complexity index is 289. The van der Waals surface area contributed by atoms with E-state index in [0.29, 0.717) is 17.9 Å². The molecule has 1 heterocycles. The van der Waals surface area contributed by atoms with Crippen molar-refractivity contribution in [3.05, 3.63) is 0 Å². The van der Waals surface area contributed by atoms with E-state index in [4.69, 9.17) is 5.73 Å². The summed E-state index contributed by atoms with van der Waals surface area (Å²) in [4.78, 5) is 7.10. The number of nitrogens with two attached hydrogens (primary N) is 1. The first-order valence-corrected chi connectivity index (χ1v) is 8.53. The molecule has 1 aliphatic heterocycles. The minimum absolute atomic E-state index is 0.551. The van der Waals surface area contributed by atoms with E-state index in [1.54, 1.807) is 0 Å². The van der Waals surface area contributed by atoms with Crippen LogP contribution in [-0.2, 0) is 0 Å². The second-order valence-electron chi connectivity index (χ2n) is 6.67. The molecule has 0 radical (unpaired) electrons. The van der Waals surface area contributed by atoms with Gasteiger partial charge in [-0.05, 0) is 44.7 Å². The average Bonchev–Trinajstić information content (AvgIpc) is 2.80. The fourth-order valence-corrected chi connectivity index (χ4v) is 3.40. The van der Waals surface area contributed by atoms with Crippen LogP contribution in [0.25, 0.3) is 0 Å². The number of hydrogen-bond donors (Lipinski definition) is 2. The molecule has 0 bridgehead atoms. The largest absolute Gasteiger partial charge is 0.370 e. The molecule has 2 aliphatic rings. The highest BCUT2D eigenvalue weighted by Gasteiger charge is 2.15. The van der Waals surface area contributed by atoms with Gasteiger partial charge in [0.25, 0.3) is 0 Å². The van der Waals surface area contributed by atoms with Crippen LogP contribution in [0.4, 0.5) is 0 Å². The van der Waals surface area contributed by atoms with Crippen LogP contribution in [0.3, 0.4) is 0 Å². The third-order valence-corrected chi connectivity index (χ3v) is 4.55. The molecule has 3 N–H and O–H groups in total. The van der Waals surface area contributed by atoms with Gasteiger partial charge in [0, 0.05) is 19.1 Å². The second-order valence-corrected chi connectivity index (χ2v) is 6.67. The van der Waals surface area contributed by atoms with Crippen molar-refractivity contribution in [2.45, 2.75) is 64.3 Å². The van der Waals surface area contributed by atoms with Crippen LogP contribution >= 0.6 is 0 Å². The maximum Gasteiger partial charge on any atom is 0.188 e. The monoisotopic (exact) mass is 280 g/mol. The molecule has 4 heteroatoms. The molecule has 0 aromatic carbocycles. The Morgan fingerprint density at radius 3 is 2.45 bits per heavy atom. The smallest absolute Gasteiger partial charge is 0.188 e. The van der Waals surface area contributed by atoms with Gasteiger partial charge in [-0.1, -0.05) is 32.6 Å². The molecule has 2 fully saturated rings. The summed E-state index contributed by atoms with van der Waals surface area (Å²) < 4.78 is 0. The fraction of sp³-hybridized carbons (Fsp3) is 0.938. The van der Waals surface area contributed by atoms with E-state index in [2.05, 4.69) is 22.1 Å². The van der Waals surface area contributed by atoms with Gasteiger partial charge >= 0.3 is 0 Å². The van der Waals surface area contributed by atoms with Crippen LogP contribution in [0, 0.1) is 5.92 Å². The minimum atomic E-state index is 0.551. The van der Waals surface area contributed by atoms with E-state index in [1.165, 1.54) is 71.0 Å². The Morgan fingerprint density at radius 2 is 1.80 bits per heavy atom. The number of guanidine groups is 1. The Morgan fingerprint density at radius 1 is 1.15 bits per heavy atom. The van der Waals surface area contributed by atoms with Gasteiger partial charge in [-0.2, -0.15) is 0 Å². The van der Waals surface area contributed by atoms with E-state index in [-0.39, 0.29) is 0 Å². The molecule has 0 spiro atoms. The lowest BCUT2D eigenvalue weighted by Gasteiger charge is -2.20. The van der Waals surface area contributed by atoms with E-state index in [0.717, 1.165) is 6.54 Å². The lowest BCUT2D eigenvalue weighted by Crippen LogP contribution is -2.40. The van der Waals surface area contributed by atoms with Crippen LogP contribution < -0.4 is 11.1 Å². The molecule has 0 aromatic rings. The van der Waals surface area contributed by atoms with Crippen LogP contribution in [0.1, 0.15) is 58.3 Å². The van der Waals surface area contributed by atoms with Gasteiger partial charge in [-0.3, -0.25) is 4.99 Å². The van der Waals surface area contributed by atoms with Gasteiger partial charge in [0.2, 0.25) is 0 Å². The molecule has 1 saturated carbocycles. The highest BCUT2D eigenvalue weighted by atomic mass is 15.1. The number of nitrogens with zero attached hydrogens (tertiary/aromatic N) is 2. The molecule has 0 amide bonds. The first kappa shape index (κ1) is 15.6. The Labute approximate surface area is 124 Å². The molecule has 20 heavy (non-hydrogen) atoms. The van der Waals surface area contributed by atoms with Crippen molar-refractivity contribution in [1.29, 1.82) is 0 Å². The fourth-order valence-electron chi connectivity index (χ4n) is 3.40. The van der Waals surface area contributed by atoms with Crippen molar-refractivity contribution in [2.75, 3.05) is 26.2 Å². The molecule has 1 saturated heterocycles. The normalized spacial score (nSPS) is 24.6. The number of hydrogen-bond acceptors (Lipinski definition) is 2. The third-order valence-electron chi connectivity index (χ3n) is 4.55. The third kappa shape index (κ3) is 5.70. The summed E-state index contributed by atoms with van der Waals surface area (Å²) >= 11 is 0. The summed E-state index contributed by atoms with van der Waals surface area (Å²) in [7, 11) is 0. The zero-order chi connectivity index (χ0) is 14.2.